The fourth-order valence-corrected chi connectivity index (χ4v) is 5.50. The molecule has 0 unspecified atom stereocenters. The maximum Gasteiger partial charge on any atom is 0.139 e. The highest BCUT2D eigenvalue weighted by molar-refractivity contribution is 6.14. The molecule has 1 heterocycles. The molecule has 0 aliphatic heterocycles. The van der Waals surface area contributed by atoms with E-state index in [9.17, 15) is 0 Å². The Bertz CT molecular complexity index is 1670. The van der Waals surface area contributed by atoms with Gasteiger partial charge in [0.15, 0.2) is 0 Å². The Morgan fingerprint density at radius 3 is 2.43 bits per heavy atom. The predicted molar refractivity (Wildman–Crippen MR) is 195 cm³/mol. The standard InChI is InChI=1S/C39H48N6O2/c1-6-29(2)26-36(40)37-38(30-20-22-35(23-21-30)47-34-18-8-7-9-19-34)42-45(39(37)41-3)33-17-13-16-32(27-33)44(5)28-46-25-11-10-24-43(4)31-14-12-15-31/h7-11,13,16-23,26-27,31,40-41H,6,12,14-15,24-25,28H2,1-5H3. The number of allylic oxidation sites excluding steroid dienone is 2. The molecular formula is C39H48N6O2. The van der Waals surface area contributed by atoms with Gasteiger partial charge in [-0.05, 0) is 93.9 Å². The van der Waals surface area contributed by atoms with Gasteiger partial charge in [-0.25, -0.2) is 4.68 Å². The molecule has 8 nitrogen and oxygen atoms in total. The van der Waals surface area contributed by atoms with Crippen LogP contribution in [0.1, 0.15) is 45.1 Å². The summed E-state index contributed by atoms with van der Waals surface area (Å²) in [5, 5.41) is 17.6. The minimum Gasteiger partial charge on any atom is -0.457 e. The van der Waals surface area contributed by atoms with Crippen LogP contribution in [0.15, 0.2) is 103 Å². The smallest absolute Gasteiger partial charge is 0.139 e. The number of rotatable bonds is 16. The lowest BCUT2D eigenvalue weighted by Crippen LogP contribution is -2.37. The number of nitrogens with one attached hydrogen (secondary N) is 2. The lowest BCUT2D eigenvalue weighted by molar-refractivity contribution is 0.163. The lowest BCUT2D eigenvalue weighted by atomic mass is 9.92. The molecule has 1 aromatic heterocycles. The SMILES string of the molecule is CCC(C)=CC(=N)c1c(-c2ccc(Oc3ccccc3)cc2)nn(-c2cccc(N(C)COCC=CCN(C)C3CCC3)c2)c1NC. The molecule has 1 saturated carbocycles. The largest absolute Gasteiger partial charge is 0.457 e. The number of hydrogen-bond donors (Lipinski definition) is 2. The summed E-state index contributed by atoms with van der Waals surface area (Å²) in [5.41, 5.74) is 5.81. The van der Waals surface area contributed by atoms with Crippen molar-refractivity contribution in [1.82, 2.24) is 14.7 Å². The molecule has 0 bridgehead atoms. The summed E-state index contributed by atoms with van der Waals surface area (Å²) in [5.74, 6) is 2.27. The third-order valence-electron chi connectivity index (χ3n) is 8.72. The van der Waals surface area contributed by atoms with Crippen LogP contribution in [0.5, 0.6) is 11.5 Å². The van der Waals surface area contributed by atoms with Crippen molar-refractivity contribution in [2.24, 2.45) is 0 Å². The highest BCUT2D eigenvalue weighted by atomic mass is 16.5. The minimum absolute atomic E-state index is 0.410. The van der Waals surface area contributed by atoms with E-state index in [0.717, 1.165) is 70.1 Å². The number of hydrogen-bond acceptors (Lipinski definition) is 7. The van der Waals surface area contributed by atoms with E-state index in [1.165, 1.54) is 19.3 Å². The van der Waals surface area contributed by atoms with Crippen LogP contribution in [0.3, 0.4) is 0 Å². The minimum atomic E-state index is 0.410. The molecule has 2 N–H and O–H groups in total. The first-order valence-corrected chi connectivity index (χ1v) is 16.5. The molecule has 0 amide bonds. The van der Waals surface area contributed by atoms with E-state index in [1.807, 2.05) is 91.6 Å². The highest BCUT2D eigenvalue weighted by Gasteiger charge is 2.23. The average Bonchev–Trinajstić information content (AvgIpc) is 3.46. The summed E-state index contributed by atoms with van der Waals surface area (Å²) in [6.07, 6.45) is 11.1. The summed E-state index contributed by atoms with van der Waals surface area (Å²) in [6, 6.07) is 26.6. The van der Waals surface area contributed by atoms with E-state index in [4.69, 9.17) is 20.0 Å². The lowest BCUT2D eigenvalue weighted by Gasteiger charge is -2.33. The number of benzene rings is 3. The Kier molecular flexibility index (Phi) is 11.7. The van der Waals surface area contributed by atoms with Gasteiger partial charge in [0.2, 0.25) is 0 Å². The number of likely N-dealkylation sites (N-methyl/N-ethyl adjacent to an activating group) is 1. The van der Waals surface area contributed by atoms with Crippen molar-refractivity contribution in [2.75, 3.05) is 51.2 Å². The molecule has 1 fully saturated rings. The normalized spacial score (nSPS) is 13.6. The van der Waals surface area contributed by atoms with Crippen molar-refractivity contribution >= 4 is 17.2 Å². The second-order valence-corrected chi connectivity index (χ2v) is 12.1. The first-order chi connectivity index (χ1) is 22.9. The summed E-state index contributed by atoms with van der Waals surface area (Å²) >= 11 is 0. The average molecular weight is 633 g/mol. The van der Waals surface area contributed by atoms with Crippen molar-refractivity contribution in [1.29, 1.82) is 5.41 Å². The van der Waals surface area contributed by atoms with Crippen LogP contribution in [0.25, 0.3) is 16.9 Å². The number of aromatic nitrogens is 2. The first-order valence-electron chi connectivity index (χ1n) is 16.5. The predicted octanol–water partition coefficient (Wildman–Crippen LogP) is 8.55. The van der Waals surface area contributed by atoms with Crippen LogP contribution >= 0.6 is 0 Å². The maximum atomic E-state index is 9.13. The Balaban J connectivity index is 1.36. The van der Waals surface area contributed by atoms with E-state index < -0.39 is 0 Å². The Morgan fingerprint density at radius 2 is 1.74 bits per heavy atom. The molecule has 246 valence electrons. The third kappa shape index (κ3) is 8.58. The molecule has 0 saturated heterocycles. The molecule has 5 rings (SSSR count). The van der Waals surface area contributed by atoms with Gasteiger partial charge in [0, 0.05) is 37.9 Å². The third-order valence-corrected chi connectivity index (χ3v) is 8.72. The maximum absolute atomic E-state index is 9.13. The van der Waals surface area contributed by atoms with Crippen LogP contribution in [0, 0.1) is 5.41 Å². The molecule has 4 aromatic rings. The summed E-state index contributed by atoms with van der Waals surface area (Å²) < 4.78 is 13.9. The summed E-state index contributed by atoms with van der Waals surface area (Å²) in [7, 11) is 6.10. The van der Waals surface area contributed by atoms with Crippen molar-refractivity contribution in [3.63, 3.8) is 0 Å². The Morgan fingerprint density at radius 1 is 1.00 bits per heavy atom. The second kappa shape index (κ2) is 16.3. The van der Waals surface area contributed by atoms with Crippen LogP contribution in [-0.2, 0) is 4.74 Å². The molecule has 1 aliphatic rings. The molecular weight excluding hydrogens is 584 g/mol. The van der Waals surface area contributed by atoms with E-state index in [-0.39, 0.29) is 0 Å². The van der Waals surface area contributed by atoms with Gasteiger partial charge in [0.25, 0.3) is 0 Å². The molecule has 0 spiro atoms. The van der Waals surface area contributed by atoms with Crippen molar-refractivity contribution in [2.45, 2.75) is 45.6 Å². The molecule has 1 aliphatic carbocycles. The Hall–Kier alpha value is -4.66. The van der Waals surface area contributed by atoms with Gasteiger partial charge in [0.05, 0.1) is 23.6 Å². The van der Waals surface area contributed by atoms with E-state index >= 15 is 0 Å². The van der Waals surface area contributed by atoms with Gasteiger partial charge in [-0.1, -0.05) is 55.3 Å². The van der Waals surface area contributed by atoms with Crippen molar-refractivity contribution in [3.8, 4) is 28.4 Å². The first kappa shape index (κ1) is 33.7. The van der Waals surface area contributed by atoms with Gasteiger partial charge >= 0.3 is 0 Å². The molecule has 8 heteroatoms. The van der Waals surface area contributed by atoms with Crippen molar-refractivity contribution in [3.05, 3.63) is 108 Å². The fourth-order valence-electron chi connectivity index (χ4n) is 5.50. The van der Waals surface area contributed by atoms with E-state index in [0.29, 0.717) is 19.0 Å². The monoisotopic (exact) mass is 632 g/mol. The van der Waals surface area contributed by atoms with E-state index in [2.05, 4.69) is 60.3 Å². The van der Waals surface area contributed by atoms with Crippen molar-refractivity contribution < 1.29 is 9.47 Å². The van der Waals surface area contributed by atoms with E-state index in [1.54, 1.807) is 0 Å². The zero-order valence-electron chi connectivity index (χ0n) is 28.4. The van der Waals surface area contributed by atoms with Gasteiger partial charge in [-0.15, -0.1) is 0 Å². The molecule has 3 aromatic carbocycles. The van der Waals surface area contributed by atoms with Gasteiger partial charge in [-0.2, -0.15) is 5.10 Å². The highest BCUT2D eigenvalue weighted by Crippen LogP contribution is 2.34. The topological polar surface area (TPSA) is 78.6 Å². The number of para-hydroxylation sites is 1. The zero-order chi connectivity index (χ0) is 33.2. The number of anilines is 2. The molecule has 0 atom stereocenters. The van der Waals surface area contributed by atoms with Crippen LogP contribution in [-0.4, -0.2) is 67.5 Å². The van der Waals surface area contributed by atoms with Crippen LogP contribution < -0.4 is 15.0 Å². The zero-order valence-corrected chi connectivity index (χ0v) is 28.4. The van der Waals surface area contributed by atoms with Gasteiger partial charge in [0.1, 0.15) is 29.7 Å². The fraction of sp³-hybridized carbons (Fsp3) is 0.333. The molecule has 0 radical (unpaired) electrons. The number of ether oxygens (including phenoxy) is 2. The number of nitrogens with zero attached hydrogens (tertiary/aromatic N) is 4. The summed E-state index contributed by atoms with van der Waals surface area (Å²) in [6.45, 7) is 6.15. The van der Waals surface area contributed by atoms with Crippen LogP contribution in [0.4, 0.5) is 11.5 Å². The summed E-state index contributed by atoms with van der Waals surface area (Å²) in [4.78, 5) is 4.50. The Labute approximate surface area is 279 Å². The quantitative estimate of drug-likeness (QED) is 0.0558. The van der Waals surface area contributed by atoms with Gasteiger partial charge < -0.3 is 25.1 Å². The van der Waals surface area contributed by atoms with Gasteiger partial charge in [-0.3, -0.25) is 4.90 Å². The van der Waals surface area contributed by atoms with Crippen LogP contribution in [0.2, 0.25) is 0 Å². The molecule has 47 heavy (non-hydrogen) atoms. The second-order valence-electron chi connectivity index (χ2n) is 12.1.